The Kier molecular flexibility index (Phi) is 37.1. The van der Waals surface area contributed by atoms with Crippen LogP contribution >= 0.6 is 15.6 Å². The van der Waals surface area contributed by atoms with E-state index in [1.54, 1.807) is 6.08 Å². The third-order valence-electron chi connectivity index (χ3n) is 9.11. The van der Waals surface area contributed by atoms with Gasteiger partial charge in [0.2, 0.25) is 0 Å². The van der Waals surface area contributed by atoms with E-state index in [1.807, 2.05) is 31.2 Å². The molecule has 340 valence electrons. The lowest BCUT2D eigenvalue weighted by Gasteiger charge is -2.20. The molecule has 0 radical (unpaired) electrons. The second kappa shape index (κ2) is 38.2. The smallest absolute Gasteiger partial charge is 0.462 e. The van der Waals surface area contributed by atoms with Crippen LogP contribution in [0.3, 0.4) is 0 Å². The Morgan fingerprint density at radius 2 is 1.07 bits per heavy atom. The second-order valence-corrected chi connectivity index (χ2v) is 17.5. The van der Waals surface area contributed by atoms with Gasteiger partial charge in [-0.15, -0.1) is 0 Å². The van der Waals surface area contributed by atoms with Crippen molar-refractivity contribution in [1.29, 1.82) is 0 Å². The lowest BCUT2D eigenvalue weighted by molar-refractivity contribution is -0.161. The molecule has 0 spiro atoms. The quantitative estimate of drug-likeness (QED) is 0.0127. The molecule has 0 rings (SSSR count). The molecule has 14 nitrogen and oxygen atoms in total. The van der Waals surface area contributed by atoms with Gasteiger partial charge in [0, 0.05) is 12.8 Å². The van der Waals surface area contributed by atoms with E-state index in [2.05, 4.69) is 22.0 Å². The van der Waals surface area contributed by atoms with Gasteiger partial charge in [-0.3, -0.25) is 23.2 Å². The number of unbranched alkanes of at least 4 members (excludes halogenated alkanes) is 19. The molecular weight excluding hydrogens is 790 g/mol. The van der Waals surface area contributed by atoms with Crippen molar-refractivity contribution in [1.82, 2.24) is 0 Å². The molecule has 0 aromatic heterocycles. The van der Waals surface area contributed by atoms with E-state index in [0.717, 1.165) is 57.8 Å². The highest BCUT2D eigenvalue weighted by molar-refractivity contribution is 7.47. The van der Waals surface area contributed by atoms with Gasteiger partial charge in [0.1, 0.15) is 12.7 Å². The Balaban J connectivity index is 4.57. The molecule has 0 aromatic carbocycles. The summed E-state index contributed by atoms with van der Waals surface area (Å²) in [6.45, 7) is 1.52. The first kappa shape index (κ1) is 56.3. The molecule has 0 aliphatic heterocycles. The highest BCUT2D eigenvalue weighted by Gasteiger charge is 2.28. The largest absolute Gasteiger partial charge is 0.472 e. The summed E-state index contributed by atoms with van der Waals surface area (Å²) in [5.74, 6) is -1.08. The van der Waals surface area contributed by atoms with Crippen LogP contribution < -0.4 is 0 Å². The standard InChI is InChI=1S/C42H78O14P2/c1-3-5-7-8-9-10-11-12-13-14-15-18-21-24-28-32-41(45)52-36-40(37-55-58(50,51)54-35-39(44)34-53-57(47,48)49)56-42(46)33-29-25-22-19-16-17-20-23-27-31-38(43)30-26-6-4-2/h6,20,23,26-27,31,38-40,43-44H,3-5,7-19,21-22,24-25,28-30,32-37H2,1-2H3,(H,50,51)(H2,47,48,49)/b23-20+,26-6+,31-27+/t38?,39-,40+/m0/s1. The van der Waals surface area contributed by atoms with Gasteiger partial charge in [-0.1, -0.05) is 159 Å². The first-order valence-electron chi connectivity index (χ1n) is 21.8. The summed E-state index contributed by atoms with van der Waals surface area (Å²) in [7, 11) is -9.69. The molecule has 0 bridgehead atoms. The summed E-state index contributed by atoms with van der Waals surface area (Å²) in [6.07, 6.45) is 33.2. The summed E-state index contributed by atoms with van der Waals surface area (Å²) in [6, 6.07) is 0. The second-order valence-electron chi connectivity index (χ2n) is 14.8. The number of carbonyl (C=O) groups is 2. The van der Waals surface area contributed by atoms with Crippen LogP contribution in [0.5, 0.6) is 0 Å². The van der Waals surface area contributed by atoms with Crippen LogP contribution in [0.1, 0.15) is 174 Å². The Bertz CT molecular complexity index is 1190. The fourth-order valence-electron chi connectivity index (χ4n) is 5.80. The van der Waals surface area contributed by atoms with E-state index in [4.69, 9.17) is 23.8 Å². The van der Waals surface area contributed by atoms with Gasteiger partial charge in [-0.2, -0.15) is 0 Å². The van der Waals surface area contributed by atoms with E-state index in [1.165, 1.54) is 70.6 Å². The molecule has 0 heterocycles. The average molecular weight is 869 g/mol. The predicted octanol–water partition coefficient (Wildman–Crippen LogP) is 9.87. The zero-order chi connectivity index (χ0) is 43.2. The predicted molar refractivity (Wildman–Crippen MR) is 227 cm³/mol. The minimum absolute atomic E-state index is 0.0864. The Labute approximate surface area is 349 Å². The molecule has 0 aromatic rings. The third-order valence-corrected chi connectivity index (χ3v) is 10.5. The number of hydrogen-bond acceptors (Lipinski definition) is 11. The van der Waals surface area contributed by atoms with E-state index < -0.39 is 72.3 Å². The molecule has 2 unspecified atom stereocenters. The van der Waals surface area contributed by atoms with Crippen molar-refractivity contribution in [3.63, 3.8) is 0 Å². The van der Waals surface area contributed by atoms with Crippen LogP contribution in [0.4, 0.5) is 0 Å². The maximum atomic E-state index is 12.6. The lowest BCUT2D eigenvalue weighted by Crippen LogP contribution is -2.30. The average Bonchev–Trinajstić information content (AvgIpc) is 3.17. The molecular formula is C42H78O14P2. The van der Waals surface area contributed by atoms with Gasteiger partial charge in [0.15, 0.2) is 6.10 Å². The monoisotopic (exact) mass is 868 g/mol. The number of hydrogen-bond donors (Lipinski definition) is 5. The molecule has 4 atom stereocenters. The summed E-state index contributed by atoms with van der Waals surface area (Å²) in [5, 5.41) is 19.6. The van der Waals surface area contributed by atoms with Crippen LogP contribution in [-0.2, 0) is 41.8 Å². The van der Waals surface area contributed by atoms with E-state index >= 15 is 0 Å². The van der Waals surface area contributed by atoms with E-state index in [-0.39, 0.29) is 12.8 Å². The van der Waals surface area contributed by atoms with E-state index in [0.29, 0.717) is 19.3 Å². The number of rotatable bonds is 41. The third kappa shape index (κ3) is 41.1. The van der Waals surface area contributed by atoms with Crippen molar-refractivity contribution in [2.24, 2.45) is 0 Å². The van der Waals surface area contributed by atoms with Crippen molar-refractivity contribution in [3.8, 4) is 0 Å². The fourth-order valence-corrected chi connectivity index (χ4v) is 6.95. The Morgan fingerprint density at radius 1 is 0.569 bits per heavy atom. The van der Waals surface area contributed by atoms with Gasteiger partial charge < -0.3 is 34.4 Å². The van der Waals surface area contributed by atoms with Gasteiger partial charge >= 0.3 is 27.6 Å². The maximum absolute atomic E-state index is 12.6. The number of carbonyl (C=O) groups excluding carboxylic acids is 2. The topological polar surface area (TPSA) is 216 Å². The SMILES string of the molecule is CC/C=C/CC(O)/C=C/C=C/CCCCCCCC(=O)O[C@H](COC(=O)CCCCCCCCCCCCCCCCC)COP(=O)(O)OC[C@@H](O)COP(=O)(O)O. The summed E-state index contributed by atoms with van der Waals surface area (Å²) < 4.78 is 47.7. The van der Waals surface area contributed by atoms with Crippen LogP contribution in [0, 0.1) is 0 Å². The Morgan fingerprint density at radius 3 is 1.62 bits per heavy atom. The van der Waals surface area contributed by atoms with Crippen molar-refractivity contribution in [2.75, 3.05) is 26.4 Å². The number of phosphoric acid groups is 2. The minimum atomic E-state index is -4.87. The number of aliphatic hydroxyl groups is 2. The van der Waals surface area contributed by atoms with Crippen molar-refractivity contribution < 1.29 is 66.7 Å². The maximum Gasteiger partial charge on any atom is 0.472 e. The number of ether oxygens (including phenoxy) is 2. The van der Waals surface area contributed by atoms with E-state index in [9.17, 15) is 33.8 Å². The van der Waals surface area contributed by atoms with Crippen LogP contribution in [0.15, 0.2) is 36.5 Å². The lowest BCUT2D eigenvalue weighted by atomic mass is 10.0. The summed E-state index contributed by atoms with van der Waals surface area (Å²) >= 11 is 0. The fraction of sp³-hybridized carbons (Fsp3) is 0.810. The molecule has 58 heavy (non-hydrogen) atoms. The molecule has 0 fully saturated rings. The zero-order valence-electron chi connectivity index (χ0n) is 35.5. The van der Waals surface area contributed by atoms with Crippen molar-refractivity contribution >= 4 is 27.6 Å². The van der Waals surface area contributed by atoms with Gasteiger partial charge in [0.05, 0.1) is 25.9 Å². The van der Waals surface area contributed by atoms with Crippen LogP contribution in [0.25, 0.3) is 0 Å². The minimum Gasteiger partial charge on any atom is -0.462 e. The summed E-state index contributed by atoms with van der Waals surface area (Å²) in [5.41, 5.74) is 0. The van der Waals surface area contributed by atoms with Gasteiger partial charge in [-0.25, -0.2) is 9.13 Å². The van der Waals surface area contributed by atoms with Crippen molar-refractivity contribution in [2.45, 2.75) is 193 Å². The number of aliphatic hydroxyl groups excluding tert-OH is 2. The number of phosphoric ester groups is 2. The van der Waals surface area contributed by atoms with Crippen LogP contribution in [0.2, 0.25) is 0 Å². The Hall–Kier alpha value is -1.70. The van der Waals surface area contributed by atoms with Gasteiger partial charge in [0.25, 0.3) is 0 Å². The molecule has 0 aliphatic carbocycles. The highest BCUT2D eigenvalue weighted by atomic mass is 31.2. The molecule has 16 heteroatoms. The molecule has 0 aliphatic rings. The van der Waals surface area contributed by atoms with Crippen LogP contribution in [-0.4, -0.2) is 81.6 Å². The first-order chi connectivity index (χ1) is 27.8. The number of esters is 2. The molecule has 0 saturated heterocycles. The molecule has 5 N–H and O–H groups in total. The normalized spacial score (nSPS) is 14.9. The first-order valence-corrected chi connectivity index (χ1v) is 24.8. The zero-order valence-corrected chi connectivity index (χ0v) is 37.3. The summed E-state index contributed by atoms with van der Waals surface area (Å²) in [4.78, 5) is 52.7. The van der Waals surface area contributed by atoms with Crippen molar-refractivity contribution in [3.05, 3.63) is 36.5 Å². The molecule has 0 amide bonds. The van der Waals surface area contributed by atoms with Gasteiger partial charge in [-0.05, 0) is 38.5 Å². The molecule has 0 saturated carbocycles. The number of allylic oxidation sites excluding steroid dienone is 4. The highest BCUT2D eigenvalue weighted by Crippen LogP contribution is 2.43.